The Morgan fingerprint density at radius 2 is 1.80 bits per heavy atom. The number of rotatable bonds is 14. The van der Waals surface area contributed by atoms with Crippen LogP contribution in [0.1, 0.15) is 35.0 Å². The number of ether oxygens (including phenoxy) is 5. The van der Waals surface area contributed by atoms with E-state index in [1.807, 2.05) is 30.4 Å². The van der Waals surface area contributed by atoms with Gasteiger partial charge in [0.1, 0.15) is 23.7 Å². The van der Waals surface area contributed by atoms with E-state index in [1.54, 1.807) is 0 Å². The summed E-state index contributed by atoms with van der Waals surface area (Å²) in [6.07, 6.45) is 8.17. The van der Waals surface area contributed by atoms with Crippen LogP contribution in [0.5, 0.6) is 23.5 Å². The third-order valence-electron chi connectivity index (χ3n) is 8.24. The van der Waals surface area contributed by atoms with Crippen LogP contribution < -0.4 is 14.2 Å². The van der Waals surface area contributed by atoms with Crippen LogP contribution >= 0.6 is 15.9 Å². The van der Waals surface area contributed by atoms with Crippen molar-refractivity contribution in [2.24, 2.45) is 0 Å². The van der Waals surface area contributed by atoms with Gasteiger partial charge < -0.3 is 38.5 Å². The van der Waals surface area contributed by atoms with E-state index in [4.69, 9.17) is 23.7 Å². The van der Waals surface area contributed by atoms with E-state index in [9.17, 15) is 15.0 Å². The smallest absolute Gasteiger partial charge is 0.352 e. The van der Waals surface area contributed by atoms with Gasteiger partial charge >= 0.3 is 12.0 Å². The second-order valence-corrected chi connectivity index (χ2v) is 12.7. The summed E-state index contributed by atoms with van der Waals surface area (Å²) in [6, 6.07) is 11.3. The summed E-state index contributed by atoms with van der Waals surface area (Å²) in [5.74, 6) is -1.11. The number of hydrogen-bond donors (Lipinski definition) is 2. The summed E-state index contributed by atoms with van der Waals surface area (Å²) in [5, 5.41) is 19.5. The first kappa shape index (κ1) is 33.5. The van der Waals surface area contributed by atoms with Crippen molar-refractivity contribution in [2.75, 3.05) is 60.3 Å². The number of methoxy groups -OCH3 is 2. The van der Waals surface area contributed by atoms with E-state index < -0.39 is 15.9 Å². The third kappa shape index (κ3) is 7.22. The molecule has 46 heavy (non-hydrogen) atoms. The van der Waals surface area contributed by atoms with E-state index >= 15 is 0 Å². The minimum Gasteiger partial charge on any atom is -0.506 e. The normalized spacial score (nSPS) is 21.5. The van der Waals surface area contributed by atoms with Crippen molar-refractivity contribution in [3.8, 4) is 23.5 Å². The molecule has 2 atom stereocenters. The Morgan fingerprint density at radius 1 is 1.11 bits per heavy atom. The van der Waals surface area contributed by atoms with Crippen LogP contribution in [0.2, 0.25) is 0 Å². The Kier molecular flexibility index (Phi) is 10.7. The average molecular weight is 700 g/mol. The molecule has 0 amide bonds. The minimum absolute atomic E-state index is 0.00457. The molecule has 0 saturated carbocycles. The fraction of sp³-hybridized carbons (Fsp3) is 0.424. The van der Waals surface area contributed by atoms with Crippen molar-refractivity contribution < 1.29 is 38.7 Å². The maximum atomic E-state index is 11.7. The van der Waals surface area contributed by atoms with E-state index in [-0.39, 0.29) is 42.4 Å². The van der Waals surface area contributed by atoms with Gasteiger partial charge in [0.15, 0.2) is 0 Å². The number of carboxylic acid groups (broad SMARTS) is 1. The maximum Gasteiger partial charge on any atom is 0.352 e. The van der Waals surface area contributed by atoms with Crippen LogP contribution in [-0.4, -0.2) is 106 Å². The highest BCUT2D eigenvalue weighted by Crippen LogP contribution is 2.48. The summed E-state index contributed by atoms with van der Waals surface area (Å²) in [7, 11) is 2.88. The van der Waals surface area contributed by atoms with Gasteiger partial charge in [-0.25, -0.2) is 4.79 Å². The lowest BCUT2D eigenvalue weighted by Crippen LogP contribution is -2.55. The van der Waals surface area contributed by atoms with Gasteiger partial charge in [-0.1, -0.05) is 58.4 Å². The summed E-state index contributed by atoms with van der Waals surface area (Å²) < 4.78 is 30.3. The standard InChI is InChI=1S/C33H39BrN4O8/c1-32(34)26(23-9-5-4-6-10-23)11-7-12-33(32,46-16-8-13-37-14-17-44-18-15-37)22-45-31-35-28(42-2)25(29(36-31)43-3)21-38-20-24(39)19-27(38)30(40)41/h4-7,9-12,19-20,39H,8,13-18,21-22H2,1-3H3,(H,40,41). The van der Waals surface area contributed by atoms with Gasteiger partial charge in [0.05, 0.1) is 43.9 Å². The van der Waals surface area contributed by atoms with Crippen molar-refractivity contribution in [3.63, 3.8) is 0 Å². The fourth-order valence-electron chi connectivity index (χ4n) is 5.71. The first-order chi connectivity index (χ1) is 22.2. The number of aromatic hydroxyl groups is 1. The maximum absolute atomic E-state index is 11.7. The molecule has 3 heterocycles. The van der Waals surface area contributed by atoms with Crippen LogP contribution in [0.25, 0.3) is 5.57 Å². The Balaban J connectivity index is 1.41. The number of halogens is 1. The summed E-state index contributed by atoms with van der Waals surface area (Å²) in [6.45, 7) is 6.77. The molecular weight excluding hydrogens is 660 g/mol. The minimum atomic E-state index is -1.20. The number of nitrogens with zero attached hydrogens (tertiary/aromatic N) is 4. The number of benzene rings is 1. The number of aromatic carboxylic acids is 1. The van der Waals surface area contributed by atoms with Crippen molar-refractivity contribution in [1.82, 2.24) is 19.4 Å². The van der Waals surface area contributed by atoms with E-state index in [0.717, 1.165) is 56.5 Å². The van der Waals surface area contributed by atoms with Crippen LogP contribution in [0.15, 0.2) is 60.8 Å². The largest absolute Gasteiger partial charge is 0.506 e. The molecule has 1 saturated heterocycles. The van der Waals surface area contributed by atoms with E-state index in [0.29, 0.717) is 12.2 Å². The van der Waals surface area contributed by atoms with Crippen molar-refractivity contribution in [2.45, 2.75) is 29.8 Å². The number of morpholine rings is 1. The van der Waals surface area contributed by atoms with Gasteiger partial charge in [-0.05, 0) is 30.6 Å². The molecule has 5 rings (SSSR count). The Morgan fingerprint density at radius 3 is 2.46 bits per heavy atom. The monoisotopic (exact) mass is 698 g/mol. The van der Waals surface area contributed by atoms with Gasteiger partial charge in [-0.2, -0.15) is 9.97 Å². The van der Waals surface area contributed by atoms with Crippen molar-refractivity contribution in [3.05, 3.63) is 77.6 Å². The highest BCUT2D eigenvalue weighted by Gasteiger charge is 2.51. The Bertz CT molecular complexity index is 1540. The third-order valence-corrected chi connectivity index (χ3v) is 9.34. The van der Waals surface area contributed by atoms with Crippen LogP contribution in [0.4, 0.5) is 0 Å². The zero-order chi connectivity index (χ0) is 32.7. The van der Waals surface area contributed by atoms with Crippen LogP contribution in [-0.2, 0) is 16.0 Å². The zero-order valence-electron chi connectivity index (χ0n) is 26.1. The number of carboxylic acids is 1. The number of allylic oxidation sites excluding steroid dienone is 2. The predicted molar refractivity (Wildman–Crippen MR) is 174 cm³/mol. The van der Waals surface area contributed by atoms with Crippen LogP contribution in [0, 0.1) is 0 Å². The molecule has 0 radical (unpaired) electrons. The summed E-state index contributed by atoms with van der Waals surface area (Å²) in [5.41, 5.74) is 1.38. The molecule has 246 valence electrons. The lowest BCUT2D eigenvalue weighted by atomic mass is 9.77. The molecule has 2 N–H and O–H groups in total. The molecule has 1 fully saturated rings. The lowest BCUT2D eigenvalue weighted by molar-refractivity contribution is -0.0547. The average Bonchev–Trinajstić information content (AvgIpc) is 3.44. The van der Waals surface area contributed by atoms with Crippen molar-refractivity contribution in [1.29, 1.82) is 0 Å². The molecule has 1 aliphatic heterocycles. The Labute approximate surface area is 276 Å². The number of aromatic nitrogens is 3. The van der Waals surface area contributed by atoms with E-state index in [2.05, 4.69) is 55.9 Å². The highest BCUT2D eigenvalue weighted by atomic mass is 79.9. The van der Waals surface area contributed by atoms with Gasteiger partial charge in [-0.15, -0.1) is 0 Å². The quantitative estimate of drug-likeness (QED) is 0.183. The second kappa shape index (κ2) is 14.7. The van der Waals surface area contributed by atoms with Gasteiger partial charge in [0.25, 0.3) is 0 Å². The number of carbonyl (C=O) groups is 1. The van der Waals surface area contributed by atoms with Gasteiger partial charge in [0.2, 0.25) is 11.8 Å². The molecule has 2 aromatic heterocycles. The first-order valence-electron chi connectivity index (χ1n) is 15.0. The highest BCUT2D eigenvalue weighted by molar-refractivity contribution is 9.10. The molecule has 1 aromatic carbocycles. The first-order valence-corrected chi connectivity index (χ1v) is 15.8. The fourth-order valence-corrected chi connectivity index (χ4v) is 6.43. The van der Waals surface area contributed by atoms with E-state index in [1.165, 1.54) is 25.0 Å². The molecule has 0 spiro atoms. The van der Waals surface area contributed by atoms with Gasteiger partial charge in [-0.3, -0.25) is 4.90 Å². The number of hydrogen-bond acceptors (Lipinski definition) is 10. The van der Waals surface area contributed by atoms with Crippen LogP contribution in [0.3, 0.4) is 0 Å². The second-order valence-electron chi connectivity index (χ2n) is 11.2. The lowest BCUT2D eigenvalue weighted by Gasteiger charge is -2.46. The van der Waals surface area contributed by atoms with Crippen molar-refractivity contribution >= 4 is 27.5 Å². The van der Waals surface area contributed by atoms with Gasteiger partial charge in [0, 0.05) is 38.5 Å². The molecule has 2 aliphatic rings. The molecular formula is C33H39BrN4O8. The molecule has 2 unspecified atom stereocenters. The number of alkyl halides is 1. The summed E-state index contributed by atoms with van der Waals surface area (Å²) >= 11 is 4.03. The molecule has 3 aromatic rings. The molecule has 12 nitrogen and oxygen atoms in total. The summed E-state index contributed by atoms with van der Waals surface area (Å²) in [4.78, 5) is 23.1. The predicted octanol–water partition coefficient (Wildman–Crippen LogP) is 4.41. The molecule has 1 aliphatic carbocycles. The SMILES string of the molecule is COc1nc(OCC2(OCCCN3CCOCC3)C=CC=C(c3ccccc3)C2(C)Br)nc(OC)c1Cn1cc(O)cc1C(=O)O. The molecule has 0 bridgehead atoms. The Hall–Kier alpha value is -3.91. The zero-order valence-corrected chi connectivity index (χ0v) is 27.7. The molecule has 13 heteroatoms. The topological polar surface area (TPSA) is 138 Å².